The summed E-state index contributed by atoms with van der Waals surface area (Å²) in [5, 5.41) is 2.67. The zero-order valence-corrected chi connectivity index (χ0v) is 15.7. The van der Waals surface area contributed by atoms with E-state index in [1.807, 2.05) is 0 Å². The van der Waals surface area contributed by atoms with Gasteiger partial charge in [-0.3, -0.25) is 9.00 Å². The fourth-order valence-electron chi connectivity index (χ4n) is 2.49. The quantitative estimate of drug-likeness (QED) is 0.764. The summed E-state index contributed by atoms with van der Waals surface area (Å²) < 4.78 is 27.8. The van der Waals surface area contributed by atoms with Gasteiger partial charge in [-0.25, -0.2) is 4.79 Å². The zero-order chi connectivity index (χ0) is 19.4. The molecule has 1 heterocycles. The van der Waals surface area contributed by atoms with Gasteiger partial charge in [0.15, 0.2) is 17.6 Å². The minimum absolute atomic E-state index is 0.138. The van der Waals surface area contributed by atoms with Crippen LogP contribution in [-0.4, -0.2) is 34.7 Å². The average Bonchev–Trinajstić information content (AvgIpc) is 3.15. The van der Waals surface area contributed by atoms with E-state index in [2.05, 4.69) is 5.32 Å². The Kier molecular flexibility index (Phi) is 5.75. The van der Waals surface area contributed by atoms with Crippen LogP contribution in [0.15, 0.2) is 47.4 Å². The molecule has 0 saturated heterocycles. The van der Waals surface area contributed by atoms with Gasteiger partial charge in [0, 0.05) is 17.5 Å². The van der Waals surface area contributed by atoms with E-state index in [0.29, 0.717) is 27.8 Å². The van der Waals surface area contributed by atoms with Crippen LogP contribution in [0.5, 0.6) is 11.5 Å². The SMILES string of the molecule is CC[S@@](=O)c1ccccc1C(=O)O[C@@H](C)C(=O)Nc1ccc2c(c1)OCO2. The van der Waals surface area contributed by atoms with Crippen molar-refractivity contribution in [2.24, 2.45) is 0 Å². The number of benzene rings is 2. The van der Waals surface area contributed by atoms with Crippen LogP contribution < -0.4 is 14.8 Å². The van der Waals surface area contributed by atoms with Crippen molar-refractivity contribution in [1.82, 2.24) is 0 Å². The largest absolute Gasteiger partial charge is 0.454 e. The minimum atomic E-state index is -1.31. The summed E-state index contributed by atoms with van der Waals surface area (Å²) in [6, 6.07) is 11.5. The second kappa shape index (κ2) is 8.22. The molecule has 7 nitrogen and oxygen atoms in total. The summed E-state index contributed by atoms with van der Waals surface area (Å²) in [5.41, 5.74) is 0.694. The second-order valence-electron chi connectivity index (χ2n) is 5.74. The first-order chi connectivity index (χ1) is 13.0. The van der Waals surface area contributed by atoms with Gasteiger partial charge in [-0.05, 0) is 31.2 Å². The number of nitrogens with one attached hydrogen (secondary N) is 1. The molecule has 0 aromatic heterocycles. The molecule has 8 heteroatoms. The minimum Gasteiger partial charge on any atom is -0.454 e. The highest BCUT2D eigenvalue weighted by molar-refractivity contribution is 7.85. The van der Waals surface area contributed by atoms with Crippen molar-refractivity contribution in [3.63, 3.8) is 0 Å². The molecule has 2 aromatic carbocycles. The number of hydrogen-bond donors (Lipinski definition) is 1. The third kappa shape index (κ3) is 4.28. The lowest BCUT2D eigenvalue weighted by molar-refractivity contribution is -0.123. The van der Waals surface area contributed by atoms with Crippen molar-refractivity contribution in [3.8, 4) is 11.5 Å². The Morgan fingerprint density at radius 2 is 1.93 bits per heavy atom. The van der Waals surface area contributed by atoms with Crippen LogP contribution in [0.25, 0.3) is 0 Å². The van der Waals surface area contributed by atoms with E-state index in [1.165, 1.54) is 13.0 Å². The van der Waals surface area contributed by atoms with Crippen LogP contribution in [0, 0.1) is 0 Å². The van der Waals surface area contributed by atoms with Gasteiger partial charge in [-0.15, -0.1) is 0 Å². The molecule has 2 atom stereocenters. The molecule has 27 heavy (non-hydrogen) atoms. The van der Waals surface area contributed by atoms with Crippen LogP contribution in [0.2, 0.25) is 0 Å². The zero-order valence-electron chi connectivity index (χ0n) is 14.9. The third-order valence-electron chi connectivity index (χ3n) is 3.91. The van der Waals surface area contributed by atoms with E-state index in [4.69, 9.17) is 14.2 Å². The van der Waals surface area contributed by atoms with Gasteiger partial charge in [0.25, 0.3) is 5.91 Å². The maximum atomic E-state index is 12.4. The van der Waals surface area contributed by atoms with Crippen molar-refractivity contribution in [3.05, 3.63) is 48.0 Å². The topological polar surface area (TPSA) is 90.9 Å². The highest BCUT2D eigenvalue weighted by Crippen LogP contribution is 2.34. The molecule has 1 N–H and O–H groups in total. The Hall–Kier alpha value is -2.87. The number of carbonyl (C=O) groups is 2. The molecule has 0 spiro atoms. The summed E-state index contributed by atoms with van der Waals surface area (Å²) in [5.74, 6) is 0.336. The van der Waals surface area contributed by atoms with E-state index in [9.17, 15) is 13.8 Å². The van der Waals surface area contributed by atoms with Gasteiger partial charge in [-0.1, -0.05) is 19.1 Å². The fourth-order valence-corrected chi connectivity index (χ4v) is 3.42. The maximum absolute atomic E-state index is 12.4. The predicted molar refractivity (Wildman–Crippen MR) is 99.5 cm³/mol. The van der Waals surface area contributed by atoms with Crippen molar-refractivity contribution in [2.45, 2.75) is 24.8 Å². The monoisotopic (exact) mass is 389 g/mol. The van der Waals surface area contributed by atoms with Crippen molar-refractivity contribution in [1.29, 1.82) is 0 Å². The summed E-state index contributed by atoms with van der Waals surface area (Å²) >= 11 is 0. The molecule has 0 aliphatic carbocycles. The lowest BCUT2D eigenvalue weighted by Crippen LogP contribution is -2.30. The Balaban J connectivity index is 1.66. The molecule has 3 rings (SSSR count). The summed E-state index contributed by atoms with van der Waals surface area (Å²) in [6.07, 6.45) is -1.04. The smallest absolute Gasteiger partial charge is 0.340 e. The molecule has 1 aliphatic rings. The molecule has 0 fully saturated rings. The van der Waals surface area contributed by atoms with Crippen LogP contribution in [0.4, 0.5) is 5.69 Å². The van der Waals surface area contributed by atoms with E-state index < -0.39 is 28.8 Å². The molecular weight excluding hydrogens is 370 g/mol. The van der Waals surface area contributed by atoms with Crippen LogP contribution >= 0.6 is 0 Å². The number of esters is 1. The Labute approximate surface area is 159 Å². The van der Waals surface area contributed by atoms with Gasteiger partial charge in [0.1, 0.15) is 0 Å². The number of anilines is 1. The molecular formula is C19H19NO6S. The van der Waals surface area contributed by atoms with Gasteiger partial charge >= 0.3 is 5.97 Å². The molecule has 0 radical (unpaired) electrons. The Bertz CT molecular complexity index is 898. The highest BCUT2D eigenvalue weighted by Gasteiger charge is 2.23. The number of hydrogen-bond acceptors (Lipinski definition) is 6. The number of rotatable bonds is 6. The molecule has 0 bridgehead atoms. The first-order valence-electron chi connectivity index (χ1n) is 8.38. The van der Waals surface area contributed by atoms with E-state index in [-0.39, 0.29) is 12.4 Å². The highest BCUT2D eigenvalue weighted by atomic mass is 32.2. The van der Waals surface area contributed by atoms with Crippen LogP contribution in [0.1, 0.15) is 24.2 Å². The van der Waals surface area contributed by atoms with E-state index in [0.717, 1.165) is 0 Å². The first-order valence-corrected chi connectivity index (χ1v) is 9.70. The fraction of sp³-hybridized carbons (Fsp3) is 0.263. The van der Waals surface area contributed by atoms with Gasteiger partial charge in [-0.2, -0.15) is 0 Å². The van der Waals surface area contributed by atoms with Crippen molar-refractivity contribution < 1.29 is 28.0 Å². The molecule has 0 unspecified atom stereocenters. The third-order valence-corrected chi connectivity index (χ3v) is 5.28. The standard InChI is InChI=1S/C19H19NO6S/c1-3-27(23)17-7-5-4-6-14(17)19(22)26-12(2)18(21)20-13-8-9-15-16(10-13)25-11-24-15/h4-10,12H,3,11H2,1-2H3,(H,20,21)/t12-,27+/m0/s1. The average molecular weight is 389 g/mol. The first kappa shape index (κ1) is 18.9. The molecule has 1 amide bonds. The van der Waals surface area contributed by atoms with Gasteiger partial charge in [0.05, 0.1) is 21.3 Å². The molecule has 2 aromatic rings. The maximum Gasteiger partial charge on any atom is 0.340 e. The second-order valence-corrected chi connectivity index (χ2v) is 7.44. The number of carbonyl (C=O) groups excluding carboxylic acids is 2. The van der Waals surface area contributed by atoms with Crippen molar-refractivity contribution >= 4 is 28.4 Å². The lowest BCUT2D eigenvalue weighted by atomic mass is 10.2. The lowest BCUT2D eigenvalue weighted by Gasteiger charge is -2.15. The Morgan fingerprint density at radius 3 is 2.70 bits per heavy atom. The molecule has 1 aliphatic heterocycles. The normalized spacial score (nSPS) is 14.3. The summed E-state index contributed by atoms with van der Waals surface area (Å²) in [7, 11) is -1.31. The number of amides is 1. The predicted octanol–water partition coefficient (Wildman–Crippen LogP) is 2.73. The van der Waals surface area contributed by atoms with Crippen LogP contribution in [0.3, 0.4) is 0 Å². The number of fused-ring (bicyclic) bond motifs is 1. The van der Waals surface area contributed by atoms with Gasteiger partial charge < -0.3 is 19.5 Å². The van der Waals surface area contributed by atoms with Crippen molar-refractivity contribution in [2.75, 3.05) is 17.9 Å². The number of ether oxygens (including phenoxy) is 3. The molecule has 0 saturated carbocycles. The Morgan fingerprint density at radius 1 is 1.19 bits per heavy atom. The molecule has 142 valence electrons. The van der Waals surface area contributed by atoms with E-state index >= 15 is 0 Å². The van der Waals surface area contributed by atoms with E-state index in [1.54, 1.807) is 43.3 Å². The summed E-state index contributed by atoms with van der Waals surface area (Å²) in [4.78, 5) is 25.2. The van der Waals surface area contributed by atoms with Crippen LogP contribution in [-0.2, 0) is 20.3 Å². The van der Waals surface area contributed by atoms with Gasteiger partial charge in [0.2, 0.25) is 6.79 Å². The summed E-state index contributed by atoms with van der Waals surface area (Å²) in [6.45, 7) is 3.37.